The maximum atomic E-state index is 10.5. The quantitative estimate of drug-likeness (QED) is 0.562. The second-order valence-electron chi connectivity index (χ2n) is 4.36. The van der Waals surface area contributed by atoms with Crippen LogP contribution in [0.25, 0.3) is 0 Å². The summed E-state index contributed by atoms with van der Waals surface area (Å²) in [5.74, 6) is 0.464. The first-order chi connectivity index (χ1) is 8.00. The molecule has 1 N–H and O–H groups in total. The van der Waals surface area contributed by atoms with E-state index in [1.807, 2.05) is 6.92 Å². The van der Waals surface area contributed by atoms with E-state index in [2.05, 4.69) is 11.3 Å². The second-order valence-corrected chi connectivity index (χ2v) is 4.36. The van der Waals surface area contributed by atoms with Crippen molar-refractivity contribution in [2.75, 3.05) is 19.7 Å². The van der Waals surface area contributed by atoms with Gasteiger partial charge in [-0.05, 0) is 25.7 Å². The van der Waals surface area contributed by atoms with Crippen LogP contribution in [0.1, 0.15) is 26.2 Å². The standard InChI is InChI=1S/C9H15NO2.C3H4O2/c1-7(2)8-3-5-10(6-4-8)9(11)12;4-3-1-2-5-3/h8H,1,3-6H2,2H3,(H,11,12);1-2H2. The van der Waals surface area contributed by atoms with Crippen LogP contribution >= 0.6 is 0 Å². The number of carbonyl (C=O) groups excluding carboxylic acids is 1. The number of ether oxygens (including phenoxy) is 1. The Morgan fingerprint density at radius 1 is 1.47 bits per heavy atom. The van der Waals surface area contributed by atoms with Crippen LogP contribution in [-0.2, 0) is 9.53 Å². The van der Waals surface area contributed by atoms with Gasteiger partial charge < -0.3 is 14.7 Å². The maximum Gasteiger partial charge on any atom is 0.407 e. The van der Waals surface area contributed by atoms with Gasteiger partial charge in [0.25, 0.3) is 0 Å². The third-order valence-corrected chi connectivity index (χ3v) is 3.03. The molecular weight excluding hydrogens is 222 g/mol. The third kappa shape index (κ3) is 4.46. The number of nitrogens with zero attached hydrogens (tertiary/aromatic N) is 1. The number of rotatable bonds is 1. The van der Waals surface area contributed by atoms with Crippen LogP contribution < -0.4 is 0 Å². The zero-order valence-electron chi connectivity index (χ0n) is 10.1. The molecule has 2 saturated heterocycles. The Balaban J connectivity index is 0.000000239. The first-order valence-corrected chi connectivity index (χ1v) is 5.79. The summed E-state index contributed by atoms with van der Waals surface area (Å²) in [7, 11) is 0. The number of carbonyl (C=O) groups is 2. The summed E-state index contributed by atoms with van der Waals surface area (Å²) in [5.41, 5.74) is 1.18. The molecule has 0 aliphatic carbocycles. The molecule has 2 rings (SSSR count). The highest BCUT2D eigenvalue weighted by molar-refractivity contribution is 5.73. The van der Waals surface area contributed by atoms with E-state index in [1.54, 1.807) is 0 Å². The summed E-state index contributed by atoms with van der Waals surface area (Å²) >= 11 is 0. The van der Waals surface area contributed by atoms with E-state index in [0.29, 0.717) is 32.0 Å². The number of piperidine rings is 1. The summed E-state index contributed by atoms with van der Waals surface area (Å²) in [6.45, 7) is 7.85. The van der Waals surface area contributed by atoms with Gasteiger partial charge in [0.05, 0.1) is 6.42 Å². The maximum absolute atomic E-state index is 10.5. The van der Waals surface area contributed by atoms with Gasteiger partial charge in [0.2, 0.25) is 0 Å². The van der Waals surface area contributed by atoms with Crippen molar-refractivity contribution in [2.45, 2.75) is 26.2 Å². The monoisotopic (exact) mass is 241 g/mol. The molecule has 0 aromatic carbocycles. The van der Waals surface area contributed by atoms with Crippen LogP contribution in [-0.4, -0.2) is 41.8 Å². The van der Waals surface area contributed by atoms with Crippen molar-refractivity contribution < 1.29 is 19.4 Å². The molecule has 0 bridgehead atoms. The zero-order valence-corrected chi connectivity index (χ0v) is 10.1. The smallest absolute Gasteiger partial charge is 0.407 e. The molecule has 0 spiro atoms. The van der Waals surface area contributed by atoms with E-state index >= 15 is 0 Å². The topological polar surface area (TPSA) is 66.8 Å². The molecule has 0 aromatic rings. The fourth-order valence-corrected chi connectivity index (χ4v) is 1.75. The minimum atomic E-state index is -0.796. The Morgan fingerprint density at radius 3 is 2.18 bits per heavy atom. The van der Waals surface area contributed by atoms with Gasteiger partial charge in [-0.25, -0.2) is 4.79 Å². The fourth-order valence-electron chi connectivity index (χ4n) is 1.75. The van der Waals surface area contributed by atoms with Crippen molar-refractivity contribution in [3.05, 3.63) is 12.2 Å². The Morgan fingerprint density at radius 2 is 1.94 bits per heavy atom. The third-order valence-electron chi connectivity index (χ3n) is 3.03. The number of carboxylic acid groups (broad SMARTS) is 1. The molecule has 96 valence electrons. The summed E-state index contributed by atoms with van der Waals surface area (Å²) < 4.78 is 4.29. The summed E-state index contributed by atoms with van der Waals surface area (Å²) in [5, 5.41) is 8.67. The molecule has 2 heterocycles. The van der Waals surface area contributed by atoms with Crippen molar-refractivity contribution >= 4 is 12.1 Å². The molecule has 0 unspecified atom stereocenters. The second kappa shape index (κ2) is 6.27. The van der Waals surface area contributed by atoms with Crippen LogP contribution in [0.3, 0.4) is 0 Å². The van der Waals surface area contributed by atoms with Gasteiger partial charge in [0.15, 0.2) is 0 Å². The lowest BCUT2D eigenvalue weighted by molar-refractivity contribution is -0.157. The van der Waals surface area contributed by atoms with Crippen molar-refractivity contribution in [3.8, 4) is 0 Å². The van der Waals surface area contributed by atoms with Crippen LogP contribution in [0.5, 0.6) is 0 Å². The molecule has 0 aromatic heterocycles. The van der Waals surface area contributed by atoms with Gasteiger partial charge in [-0.2, -0.15) is 0 Å². The van der Waals surface area contributed by atoms with E-state index in [-0.39, 0.29) is 5.97 Å². The van der Waals surface area contributed by atoms with Crippen molar-refractivity contribution in [1.29, 1.82) is 0 Å². The number of likely N-dealkylation sites (tertiary alicyclic amines) is 1. The van der Waals surface area contributed by atoms with E-state index in [0.717, 1.165) is 12.8 Å². The molecule has 1 amide bonds. The van der Waals surface area contributed by atoms with E-state index < -0.39 is 6.09 Å². The minimum absolute atomic E-state index is 0.0648. The van der Waals surface area contributed by atoms with E-state index in [9.17, 15) is 9.59 Å². The number of allylic oxidation sites excluding steroid dienone is 1. The average molecular weight is 241 g/mol. The highest BCUT2D eigenvalue weighted by Crippen LogP contribution is 2.22. The van der Waals surface area contributed by atoms with Crippen molar-refractivity contribution in [1.82, 2.24) is 4.90 Å². The van der Waals surface area contributed by atoms with Crippen LogP contribution in [0.15, 0.2) is 12.2 Å². The summed E-state index contributed by atoms with van der Waals surface area (Å²) in [6.07, 6.45) is 1.69. The van der Waals surface area contributed by atoms with Crippen molar-refractivity contribution in [3.63, 3.8) is 0 Å². The minimum Gasteiger partial charge on any atom is -0.465 e. The predicted octanol–water partition coefficient (Wildman–Crippen LogP) is 1.89. The molecule has 2 aliphatic heterocycles. The van der Waals surface area contributed by atoms with Gasteiger partial charge in [0, 0.05) is 13.1 Å². The Hall–Kier alpha value is -1.52. The SMILES string of the molecule is C=C(C)C1CCN(C(=O)O)CC1.O=C1CCO1. The number of hydrogen-bond donors (Lipinski definition) is 1. The average Bonchev–Trinajstić information content (AvgIpc) is 2.27. The lowest BCUT2D eigenvalue weighted by Gasteiger charge is -2.30. The molecular formula is C12H19NO4. The first kappa shape index (κ1) is 13.5. The van der Waals surface area contributed by atoms with Gasteiger partial charge >= 0.3 is 12.1 Å². The Kier molecular flexibility index (Phi) is 5.00. The van der Waals surface area contributed by atoms with Crippen molar-refractivity contribution in [2.24, 2.45) is 5.92 Å². The van der Waals surface area contributed by atoms with E-state index in [1.165, 1.54) is 10.5 Å². The number of esters is 1. The predicted molar refractivity (Wildman–Crippen MR) is 62.7 cm³/mol. The molecule has 0 saturated carbocycles. The highest BCUT2D eigenvalue weighted by Gasteiger charge is 2.22. The van der Waals surface area contributed by atoms with Crippen LogP contribution in [0.4, 0.5) is 4.79 Å². The molecule has 0 atom stereocenters. The number of hydrogen-bond acceptors (Lipinski definition) is 3. The fraction of sp³-hybridized carbons (Fsp3) is 0.667. The van der Waals surface area contributed by atoms with Crippen LogP contribution in [0, 0.1) is 5.92 Å². The van der Waals surface area contributed by atoms with Gasteiger partial charge in [-0.15, -0.1) is 0 Å². The molecule has 5 heteroatoms. The largest absolute Gasteiger partial charge is 0.465 e. The molecule has 0 radical (unpaired) electrons. The van der Waals surface area contributed by atoms with Gasteiger partial charge in [0.1, 0.15) is 6.61 Å². The lowest BCUT2D eigenvalue weighted by atomic mass is 9.91. The van der Waals surface area contributed by atoms with Gasteiger partial charge in [-0.3, -0.25) is 4.79 Å². The molecule has 2 fully saturated rings. The lowest BCUT2D eigenvalue weighted by Crippen LogP contribution is -2.37. The van der Waals surface area contributed by atoms with Crippen LogP contribution in [0.2, 0.25) is 0 Å². The van der Waals surface area contributed by atoms with Gasteiger partial charge in [-0.1, -0.05) is 12.2 Å². The Bertz CT molecular complexity index is 278. The summed E-state index contributed by atoms with van der Waals surface area (Å²) in [6, 6.07) is 0. The normalized spacial score (nSPS) is 19.6. The number of cyclic esters (lactones) is 1. The first-order valence-electron chi connectivity index (χ1n) is 5.79. The summed E-state index contributed by atoms with van der Waals surface area (Å²) in [4.78, 5) is 21.7. The van der Waals surface area contributed by atoms with E-state index in [4.69, 9.17) is 5.11 Å². The number of amides is 1. The highest BCUT2D eigenvalue weighted by atomic mass is 16.6. The Labute approximate surface area is 101 Å². The molecule has 2 aliphatic rings. The zero-order chi connectivity index (χ0) is 12.8. The molecule has 5 nitrogen and oxygen atoms in total. The molecule has 17 heavy (non-hydrogen) atoms.